The highest BCUT2D eigenvalue weighted by molar-refractivity contribution is 7.47. The van der Waals surface area contributed by atoms with Gasteiger partial charge >= 0.3 is 39.5 Å². The number of phosphoric ester groups is 2. The predicted octanol–water partition coefficient (Wildman–Crippen LogP) is 17.8. The van der Waals surface area contributed by atoms with Crippen molar-refractivity contribution >= 4 is 39.5 Å². The zero-order chi connectivity index (χ0) is 61.3. The second kappa shape index (κ2) is 57.8. The van der Waals surface area contributed by atoms with Gasteiger partial charge in [0.2, 0.25) is 0 Å². The molecular weight excluding hydrogens is 1100 g/mol. The Morgan fingerprint density at radius 2 is 0.554 bits per heavy atom. The minimum atomic E-state index is -4.94. The van der Waals surface area contributed by atoms with Gasteiger partial charge in [0, 0.05) is 25.7 Å². The molecule has 492 valence electrons. The molecule has 0 aromatic rings. The van der Waals surface area contributed by atoms with Crippen LogP contribution in [0.2, 0.25) is 0 Å². The van der Waals surface area contributed by atoms with Crippen molar-refractivity contribution in [2.45, 2.75) is 342 Å². The number of hydrogen-bond donors (Lipinski definition) is 3. The molecule has 0 aliphatic carbocycles. The van der Waals surface area contributed by atoms with Gasteiger partial charge in [-0.3, -0.25) is 37.3 Å². The van der Waals surface area contributed by atoms with Gasteiger partial charge in [-0.1, -0.05) is 272 Å². The number of hydrogen-bond acceptors (Lipinski definition) is 15. The first kappa shape index (κ1) is 81.1. The van der Waals surface area contributed by atoms with E-state index in [2.05, 4.69) is 34.6 Å². The third-order valence-electron chi connectivity index (χ3n) is 14.8. The van der Waals surface area contributed by atoms with Crippen molar-refractivity contribution in [3.8, 4) is 0 Å². The van der Waals surface area contributed by atoms with Crippen LogP contribution in [-0.2, 0) is 65.4 Å². The Kier molecular flexibility index (Phi) is 56.4. The molecule has 19 heteroatoms. The minimum absolute atomic E-state index is 0.103. The van der Waals surface area contributed by atoms with Crippen molar-refractivity contribution in [2.75, 3.05) is 39.6 Å². The minimum Gasteiger partial charge on any atom is -0.462 e. The maximum Gasteiger partial charge on any atom is 0.472 e. The Labute approximate surface area is 505 Å². The third kappa shape index (κ3) is 58.8. The van der Waals surface area contributed by atoms with Crippen molar-refractivity contribution in [3.05, 3.63) is 0 Å². The zero-order valence-electron chi connectivity index (χ0n) is 53.3. The van der Waals surface area contributed by atoms with Gasteiger partial charge in [0.25, 0.3) is 0 Å². The van der Waals surface area contributed by atoms with E-state index in [1.165, 1.54) is 122 Å². The van der Waals surface area contributed by atoms with Crippen LogP contribution in [0.1, 0.15) is 324 Å². The number of aliphatic hydroxyl groups excluding tert-OH is 1. The lowest BCUT2D eigenvalue weighted by Crippen LogP contribution is -2.30. The number of carbonyl (C=O) groups is 4. The molecule has 0 rings (SSSR count). The third-order valence-corrected chi connectivity index (χ3v) is 16.7. The molecule has 0 aromatic heterocycles. The lowest BCUT2D eigenvalue weighted by molar-refractivity contribution is -0.161. The summed E-state index contributed by atoms with van der Waals surface area (Å²) in [5.74, 6) is -1.36. The Balaban J connectivity index is 5.18. The number of carbonyl (C=O) groups excluding carboxylic acids is 4. The second-order valence-electron chi connectivity index (χ2n) is 23.6. The van der Waals surface area contributed by atoms with Crippen LogP contribution in [0, 0.1) is 5.92 Å². The summed E-state index contributed by atoms with van der Waals surface area (Å²) in [6.45, 7) is 7.13. The van der Waals surface area contributed by atoms with Crippen LogP contribution in [0.4, 0.5) is 0 Å². The summed E-state index contributed by atoms with van der Waals surface area (Å²) >= 11 is 0. The van der Waals surface area contributed by atoms with Crippen LogP contribution in [0.15, 0.2) is 0 Å². The fourth-order valence-electron chi connectivity index (χ4n) is 9.58. The number of esters is 4. The van der Waals surface area contributed by atoms with Gasteiger partial charge in [-0.15, -0.1) is 0 Å². The summed E-state index contributed by atoms with van der Waals surface area (Å²) in [4.78, 5) is 72.0. The molecule has 5 atom stereocenters. The van der Waals surface area contributed by atoms with Crippen molar-refractivity contribution in [3.63, 3.8) is 0 Å². The molecular formula is C64H124O17P2. The molecule has 0 amide bonds. The topological polar surface area (TPSA) is 237 Å². The maximum absolute atomic E-state index is 13.0. The van der Waals surface area contributed by atoms with E-state index < -0.39 is 97.5 Å². The Bertz CT molecular complexity index is 1620. The summed E-state index contributed by atoms with van der Waals surface area (Å²) < 4.78 is 67.8. The number of phosphoric acid groups is 2. The molecule has 17 nitrogen and oxygen atoms in total. The van der Waals surface area contributed by atoms with Crippen LogP contribution in [0.3, 0.4) is 0 Å². The lowest BCUT2D eigenvalue weighted by atomic mass is 10.0. The van der Waals surface area contributed by atoms with Crippen molar-refractivity contribution in [1.29, 1.82) is 0 Å². The van der Waals surface area contributed by atoms with Gasteiger partial charge in [0.05, 0.1) is 26.4 Å². The number of unbranched alkanes of at least 4 members (excludes halogenated alkanes) is 36. The fourth-order valence-corrected chi connectivity index (χ4v) is 11.2. The molecule has 0 bridgehead atoms. The molecule has 0 radical (unpaired) electrons. The molecule has 83 heavy (non-hydrogen) atoms. The first-order chi connectivity index (χ1) is 40.0. The summed E-state index contributed by atoms with van der Waals surface area (Å²) in [6.07, 6.45) is 41.9. The molecule has 0 saturated heterocycles. The molecule has 0 spiro atoms. The Morgan fingerprint density at radius 3 is 0.819 bits per heavy atom. The SMILES string of the molecule is CCCCCCCCCCCCCCCCC(=O)OC[C@H](COP(=O)(O)OC[C@@H](O)COP(=O)(O)OC[C@@H](COC(=O)CCCCCCCCC)OC(=O)CCCCCCCCC)OC(=O)CCCCCCCCCCCCCCC(C)C. The first-order valence-electron chi connectivity index (χ1n) is 33.6. The fraction of sp³-hybridized carbons (Fsp3) is 0.938. The van der Waals surface area contributed by atoms with Crippen molar-refractivity contribution in [2.24, 2.45) is 5.92 Å². The van der Waals surface area contributed by atoms with Gasteiger partial charge < -0.3 is 33.8 Å². The quantitative estimate of drug-likeness (QED) is 0.0222. The van der Waals surface area contributed by atoms with Crippen molar-refractivity contribution < 1.29 is 80.2 Å². The highest BCUT2D eigenvalue weighted by Crippen LogP contribution is 2.45. The van der Waals surface area contributed by atoms with E-state index >= 15 is 0 Å². The highest BCUT2D eigenvalue weighted by atomic mass is 31.2. The average Bonchev–Trinajstić information content (AvgIpc) is 3.47. The van der Waals surface area contributed by atoms with E-state index in [1.807, 2.05) is 0 Å². The molecule has 0 fully saturated rings. The molecule has 0 aromatic carbocycles. The summed E-state index contributed by atoms with van der Waals surface area (Å²) in [7, 11) is -9.88. The zero-order valence-corrected chi connectivity index (χ0v) is 55.1. The lowest BCUT2D eigenvalue weighted by Gasteiger charge is -2.21. The van der Waals surface area contributed by atoms with Crippen molar-refractivity contribution in [1.82, 2.24) is 0 Å². The van der Waals surface area contributed by atoms with Crippen LogP contribution in [-0.4, -0.2) is 96.7 Å². The smallest absolute Gasteiger partial charge is 0.462 e. The molecule has 0 aliphatic rings. The number of ether oxygens (including phenoxy) is 4. The standard InChI is InChI=1S/C64H124O17P2/c1-6-9-12-15-18-19-20-21-22-26-29-34-38-43-48-62(67)75-54-60(81-64(69)50-45-40-35-30-27-24-23-25-28-33-36-41-46-57(4)5)56-79-83(72,73)77-52-58(65)51-76-82(70,71)78-55-59(80-63(68)49-44-39-32-17-14-11-8-3)53-74-61(66)47-42-37-31-16-13-10-7-2/h57-60,65H,6-56H2,1-5H3,(H,70,71)(H,72,73)/t58-,59+,60+/m0/s1. The van der Waals surface area contributed by atoms with Crippen LogP contribution < -0.4 is 0 Å². The van der Waals surface area contributed by atoms with Gasteiger partial charge in [-0.2, -0.15) is 0 Å². The predicted molar refractivity (Wildman–Crippen MR) is 331 cm³/mol. The molecule has 2 unspecified atom stereocenters. The van der Waals surface area contributed by atoms with Gasteiger partial charge in [0.1, 0.15) is 19.3 Å². The Morgan fingerprint density at radius 1 is 0.325 bits per heavy atom. The van der Waals surface area contributed by atoms with Gasteiger partial charge in [-0.25, -0.2) is 9.13 Å². The monoisotopic (exact) mass is 1230 g/mol. The van der Waals surface area contributed by atoms with E-state index in [0.29, 0.717) is 25.7 Å². The Hall–Kier alpha value is -1.94. The first-order valence-corrected chi connectivity index (χ1v) is 36.6. The highest BCUT2D eigenvalue weighted by Gasteiger charge is 2.30. The maximum atomic E-state index is 13.0. The van der Waals surface area contributed by atoms with Crippen LogP contribution in [0.25, 0.3) is 0 Å². The molecule has 0 aliphatic heterocycles. The van der Waals surface area contributed by atoms with Crippen LogP contribution >= 0.6 is 15.6 Å². The molecule has 0 saturated carbocycles. The molecule has 0 heterocycles. The normalized spacial score (nSPS) is 14.2. The largest absolute Gasteiger partial charge is 0.472 e. The molecule has 3 N–H and O–H groups in total. The van der Waals surface area contributed by atoms with E-state index in [1.54, 1.807) is 0 Å². The van der Waals surface area contributed by atoms with Gasteiger partial charge in [0.15, 0.2) is 12.2 Å². The van der Waals surface area contributed by atoms with Crippen LogP contribution in [0.5, 0.6) is 0 Å². The van der Waals surface area contributed by atoms with E-state index in [0.717, 1.165) is 121 Å². The van der Waals surface area contributed by atoms with E-state index in [-0.39, 0.29) is 25.7 Å². The number of rotatable bonds is 64. The summed E-state index contributed by atoms with van der Waals surface area (Å²) in [5, 5.41) is 10.5. The van der Waals surface area contributed by atoms with E-state index in [9.17, 15) is 43.2 Å². The summed E-state index contributed by atoms with van der Waals surface area (Å²) in [5.41, 5.74) is 0. The number of aliphatic hydroxyl groups is 1. The second-order valence-corrected chi connectivity index (χ2v) is 26.5. The average molecular weight is 1230 g/mol. The van der Waals surface area contributed by atoms with Gasteiger partial charge in [-0.05, 0) is 31.6 Å². The van der Waals surface area contributed by atoms with E-state index in [4.69, 9.17) is 37.0 Å². The summed E-state index contributed by atoms with van der Waals surface area (Å²) in [6, 6.07) is 0.